The number of halogens is 2. The van der Waals surface area contributed by atoms with E-state index in [1.165, 1.54) is 6.07 Å². The zero-order valence-corrected chi connectivity index (χ0v) is 16.4. The molecule has 1 aromatic heterocycles. The topological polar surface area (TPSA) is 74.0 Å². The van der Waals surface area contributed by atoms with E-state index in [4.69, 9.17) is 0 Å². The standard InChI is InChI=1S/C24H19F2N3O2/c25-19-11-10-16(12-20(19)26)29-22(30)14-28-23(15-6-2-1-3-7-15)24(31)18-13-27-21-9-5-4-8-17(18)21/h1-13,23,27-28H,14H2,(H,29,30). The van der Waals surface area contributed by atoms with Gasteiger partial charge < -0.3 is 10.3 Å². The third-order valence-corrected chi connectivity index (χ3v) is 4.92. The first kappa shape index (κ1) is 20.4. The quantitative estimate of drug-likeness (QED) is 0.384. The molecule has 4 aromatic rings. The Morgan fingerprint density at radius 2 is 1.65 bits per heavy atom. The average molecular weight is 419 g/mol. The first-order valence-electron chi connectivity index (χ1n) is 9.66. The van der Waals surface area contributed by atoms with Crippen LogP contribution in [0.2, 0.25) is 0 Å². The molecule has 31 heavy (non-hydrogen) atoms. The van der Waals surface area contributed by atoms with Gasteiger partial charge in [-0.15, -0.1) is 0 Å². The van der Waals surface area contributed by atoms with E-state index in [9.17, 15) is 18.4 Å². The minimum absolute atomic E-state index is 0.130. The number of hydrogen-bond donors (Lipinski definition) is 3. The van der Waals surface area contributed by atoms with Crippen LogP contribution in [0.25, 0.3) is 10.9 Å². The molecule has 1 heterocycles. The maximum absolute atomic E-state index is 13.4. The number of carbonyl (C=O) groups excluding carboxylic acids is 2. The van der Waals surface area contributed by atoms with Crippen molar-refractivity contribution < 1.29 is 18.4 Å². The molecule has 7 heteroatoms. The predicted molar refractivity (Wildman–Crippen MR) is 115 cm³/mol. The number of benzene rings is 3. The Kier molecular flexibility index (Phi) is 5.86. The lowest BCUT2D eigenvalue weighted by atomic mass is 9.97. The van der Waals surface area contributed by atoms with Gasteiger partial charge >= 0.3 is 0 Å². The van der Waals surface area contributed by atoms with E-state index in [1.807, 2.05) is 42.5 Å². The number of aromatic amines is 1. The Labute approximate surface area is 177 Å². The first-order valence-corrected chi connectivity index (χ1v) is 9.66. The molecule has 0 fully saturated rings. The van der Waals surface area contributed by atoms with Gasteiger partial charge in [0.15, 0.2) is 17.4 Å². The van der Waals surface area contributed by atoms with E-state index in [2.05, 4.69) is 15.6 Å². The number of anilines is 1. The van der Waals surface area contributed by atoms with Gasteiger partial charge in [0.05, 0.1) is 12.6 Å². The molecule has 0 bridgehead atoms. The molecular formula is C24H19F2N3O2. The highest BCUT2D eigenvalue weighted by Gasteiger charge is 2.24. The van der Waals surface area contributed by atoms with E-state index in [-0.39, 0.29) is 18.0 Å². The van der Waals surface area contributed by atoms with Gasteiger partial charge in [0.1, 0.15) is 0 Å². The van der Waals surface area contributed by atoms with Gasteiger partial charge in [0.25, 0.3) is 0 Å². The molecule has 1 atom stereocenters. The largest absolute Gasteiger partial charge is 0.360 e. The molecule has 0 aliphatic heterocycles. The fraction of sp³-hybridized carbons (Fsp3) is 0.0833. The van der Waals surface area contributed by atoms with Crippen LogP contribution in [0.4, 0.5) is 14.5 Å². The maximum atomic E-state index is 13.4. The number of para-hydroxylation sites is 1. The Morgan fingerprint density at radius 1 is 0.903 bits per heavy atom. The molecule has 1 amide bonds. The highest BCUT2D eigenvalue weighted by molar-refractivity contribution is 6.10. The Bertz CT molecular complexity index is 1240. The van der Waals surface area contributed by atoms with Crippen LogP contribution >= 0.6 is 0 Å². The summed E-state index contributed by atoms with van der Waals surface area (Å²) in [4.78, 5) is 28.8. The summed E-state index contributed by atoms with van der Waals surface area (Å²) < 4.78 is 26.4. The molecule has 0 spiro atoms. The number of fused-ring (bicyclic) bond motifs is 1. The van der Waals surface area contributed by atoms with Crippen LogP contribution in [0.3, 0.4) is 0 Å². The fourth-order valence-electron chi connectivity index (χ4n) is 3.41. The van der Waals surface area contributed by atoms with E-state index in [1.54, 1.807) is 18.3 Å². The number of nitrogens with one attached hydrogen (secondary N) is 3. The van der Waals surface area contributed by atoms with Crippen molar-refractivity contribution in [3.05, 3.63) is 102 Å². The summed E-state index contributed by atoms with van der Waals surface area (Å²) in [6, 6.07) is 18.9. The van der Waals surface area contributed by atoms with Gasteiger partial charge in [-0.2, -0.15) is 0 Å². The summed E-state index contributed by atoms with van der Waals surface area (Å²) in [6.45, 7) is -0.202. The van der Waals surface area contributed by atoms with Gasteiger partial charge in [-0.3, -0.25) is 14.9 Å². The molecule has 156 valence electrons. The molecule has 0 aliphatic rings. The van der Waals surface area contributed by atoms with Crippen LogP contribution in [0.1, 0.15) is 22.0 Å². The molecule has 4 rings (SSSR count). The Balaban J connectivity index is 1.54. The zero-order valence-electron chi connectivity index (χ0n) is 16.4. The third kappa shape index (κ3) is 4.51. The summed E-state index contributed by atoms with van der Waals surface area (Å²) in [5.74, 6) is -2.73. The third-order valence-electron chi connectivity index (χ3n) is 4.92. The number of carbonyl (C=O) groups is 2. The predicted octanol–water partition coefficient (Wildman–Crippen LogP) is 4.60. The minimum Gasteiger partial charge on any atom is -0.360 e. The van der Waals surface area contributed by atoms with Crippen LogP contribution in [0.5, 0.6) is 0 Å². The number of hydrogen-bond acceptors (Lipinski definition) is 3. The van der Waals surface area contributed by atoms with Gasteiger partial charge in [-0.1, -0.05) is 48.5 Å². The summed E-state index contributed by atoms with van der Waals surface area (Å²) >= 11 is 0. The van der Waals surface area contributed by atoms with Crippen molar-refractivity contribution in [1.29, 1.82) is 0 Å². The van der Waals surface area contributed by atoms with Gasteiger partial charge in [0.2, 0.25) is 5.91 Å². The van der Waals surface area contributed by atoms with Gasteiger partial charge in [-0.25, -0.2) is 8.78 Å². The SMILES string of the molecule is O=C(CNC(C(=O)c1c[nH]c2ccccc12)c1ccccc1)Nc1ccc(F)c(F)c1. The van der Waals surface area contributed by atoms with E-state index in [0.29, 0.717) is 11.1 Å². The van der Waals surface area contributed by atoms with Crippen molar-refractivity contribution in [2.45, 2.75) is 6.04 Å². The smallest absolute Gasteiger partial charge is 0.238 e. The number of Topliss-reactive ketones (excluding diaryl/α,β-unsaturated/α-hetero) is 1. The lowest BCUT2D eigenvalue weighted by molar-refractivity contribution is -0.115. The summed E-state index contributed by atoms with van der Waals surface area (Å²) in [5, 5.41) is 6.28. The van der Waals surface area contributed by atoms with Crippen LogP contribution in [-0.2, 0) is 4.79 Å². The molecule has 3 N–H and O–H groups in total. The second-order valence-corrected chi connectivity index (χ2v) is 7.01. The summed E-state index contributed by atoms with van der Waals surface area (Å²) in [7, 11) is 0. The summed E-state index contributed by atoms with van der Waals surface area (Å²) in [5.41, 5.74) is 2.19. The molecule has 3 aromatic carbocycles. The van der Waals surface area contributed by atoms with Crippen LogP contribution in [0, 0.1) is 11.6 Å². The van der Waals surface area contributed by atoms with E-state index in [0.717, 1.165) is 23.0 Å². The second-order valence-electron chi connectivity index (χ2n) is 7.01. The number of rotatable bonds is 7. The minimum atomic E-state index is -1.05. The summed E-state index contributed by atoms with van der Waals surface area (Å²) in [6.07, 6.45) is 1.66. The van der Waals surface area contributed by atoms with Crippen molar-refractivity contribution in [3.8, 4) is 0 Å². The Hall–Kier alpha value is -3.84. The van der Waals surface area contributed by atoms with E-state index < -0.39 is 23.6 Å². The van der Waals surface area contributed by atoms with Crippen molar-refractivity contribution in [3.63, 3.8) is 0 Å². The van der Waals surface area contributed by atoms with Crippen molar-refractivity contribution in [2.24, 2.45) is 0 Å². The maximum Gasteiger partial charge on any atom is 0.238 e. The molecular weight excluding hydrogens is 400 g/mol. The molecule has 0 aliphatic carbocycles. The van der Waals surface area contributed by atoms with Gasteiger partial charge in [-0.05, 0) is 23.8 Å². The number of aromatic nitrogens is 1. The lowest BCUT2D eigenvalue weighted by Gasteiger charge is -2.18. The normalized spacial score (nSPS) is 11.9. The molecule has 0 radical (unpaired) electrons. The van der Waals surface area contributed by atoms with Crippen molar-refractivity contribution >= 4 is 28.3 Å². The van der Waals surface area contributed by atoms with Crippen LogP contribution in [0.15, 0.2) is 79.0 Å². The lowest BCUT2D eigenvalue weighted by Crippen LogP contribution is -2.35. The number of H-pyrrole nitrogens is 1. The first-order chi connectivity index (χ1) is 15.0. The highest BCUT2D eigenvalue weighted by Crippen LogP contribution is 2.24. The monoisotopic (exact) mass is 419 g/mol. The van der Waals surface area contributed by atoms with E-state index >= 15 is 0 Å². The second kappa shape index (κ2) is 8.89. The molecule has 1 unspecified atom stereocenters. The number of amides is 1. The molecule has 0 saturated carbocycles. The average Bonchev–Trinajstić information content (AvgIpc) is 3.21. The van der Waals surface area contributed by atoms with Crippen LogP contribution < -0.4 is 10.6 Å². The van der Waals surface area contributed by atoms with Crippen molar-refractivity contribution in [1.82, 2.24) is 10.3 Å². The Morgan fingerprint density at radius 3 is 2.42 bits per heavy atom. The highest BCUT2D eigenvalue weighted by atomic mass is 19.2. The van der Waals surface area contributed by atoms with Gasteiger partial charge in [0, 0.05) is 34.4 Å². The fourth-order valence-corrected chi connectivity index (χ4v) is 3.41. The molecule has 5 nitrogen and oxygen atoms in total. The number of ketones is 1. The van der Waals surface area contributed by atoms with Crippen LogP contribution in [-0.4, -0.2) is 23.2 Å². The van der Waals surface area contributed by atoms with Crippen molar-refractivity contribution in [2.75, 3.05) is 11.9 Å². The molecule has 0 saturated heterocycles. The zero-order chi connectivity index (χ0) is 21.8.